The summed E-state index contributed by atoms with van der Waals surface area (Å²) in [7, 11) is 0. The smallest absolute Gasteiger partial charge is 0.219 e. The Kier molecular flexibility index (Phi) is 3.21. The van der Waals surface area contributed by atoms with E-state index < -0.39 is 5.91 Å². The van der Waals surface area contributed by atoms with Gasteiger partial charge in [0.25, 0.3) is 0 Å². The second kappa shape index (κ2) is 4.53. The normalized spacial score (nSPS) is 12.8. The van der Waals surface area contributed by atoms with Crippen molar-refractivity contribution in [2.75, 3.05) is 0 Å². The van der Waals surface area contributed by atoms with E-state index in [1.165, 1.54) is 6.07 Å². The van der Waals surface area contributed by atoms with E-state index in [-0.39, 0.29) is 18.3 Å². The van der Waals surface area contributed by atoms with Gasteiger partial charge in [0.05, 0.1) is 11.0 Å². The number of halogens is 1. The molecule has 1 heterocycles. The van der Waals surface area contributed by atoms with Crippen LogP contribution in [0.2, 0.25) is 0 Å². The number of nitrogens with one attached hydrogen (secondary N) is 1. The second-order valence-electron chi connectivity index (χ2n) is 4.44. The maximum absolute atomic E-state index is 13.5. The summed E-state index contributed by atoms with van der Waals surface area (Å²) in [4.78, 5) is 13.9. The van der Waals surface area contributed by atoms with Crippen molar-refractivity contribution in [1.29, 1.82) is 0 Å². The summed E-state index contributed by atoms with van der Waals surface area (Å²) >= 11 is 5.20. The molecule has 1 aromatic carbocycles. The zero-order valence-electron chi connectivity index (χ0n) is 10.2. The first-order chi connectivity index (χ1) is 8.40. The van der Waals surface area contributed by atoms with E-state index in [2.05, 4.69) is 4.98 Å². The lowest BCUT2D eigenvalue weighted by molar-refractivity contribution is -0.118. The number of fused-ring (bicyclic) bond motifs is 1. The van der Waals surface area contributed by atoms with Gasteiger partial charge >= 0.3 is 0 Å². The van der Waals surface area contributed by atoms with Crippen LogP contribution in [0.4, 0.5) is 4.39 Å². The molecule has 3 N–H and O–H groups in total. The van der Waals surface area contributed by atoms with Gasteiger partial charge in [-0.3, -0.25) is 4.79 Å². The number of aromatic nitrogens is 2. The van der Waals surface area contributed by atoms with Gasteiger partial charge in [-0.05, 0) is 43.8 Å². The molecule has 96 valence electrons. The number of H-pyrrole nitrogens is 1. The number of primary amides is 1. The van der Waals surface area contributed by atoms with Crippen LogP contribution in [0.5, 0.6) is 0 Å². The number of imidazole rings is 1. The van der Waals surface area contributed by atoms with Crippen molar-refractivity contribution >= 4 is 29.2 Å². The van der Waals surface area contributed by atoms with Crippen LogP contribution in [0.1, 0.15) is 24.9 Å². The molecule has 0 fully saturated rings. The van der Waals surface area contributed by atoms with Gasteiger partial charge in [0.1, 0.15) is 5.82 Å². The highest BCUT2D eigenvalue weighted by Crippen LogP contribution is 2.23. The Morgan fingerprint density at radius 1 is 1.61 bits per heavy atom. The van der Waals surface area contributed by atoms with Gasteiger partial charge in [0.2, 0.25) is 5.91 Å². The van der Waals surface area contributed by atoms with E-state index in [1.54, 1.807) is 17.6 Å². The van der Waals surface area contributed by atoms with Crippen LogP contribution in [0, 0.1) is 17.5 Å². The quantitative estimate of drug-likeness (QED) is 0.839. The molecule has 2 aromatic rings. The Balaban J connectivity index is 2.63. The number of nitrogens with zero attached hydrogens (tertiary/aromatic N) is 1. The van der Waals surface area contributed by atoms with Gasteiger partial charge in [-0.15, -0.1) is 0 Å². The standard InChI is InChI=1S/C12H14FN3OS/c1-6-3-10-9(5-8(6)13)15-12(18)16(10)7(2)4-11(14)17/h3,5,7H,4H2,1-2H3,(H2,14,17)(H,15,18). The summed E-state index contributed by atoms with van der Waals surface area (Å²) < 4.78 is 15.7. The number of hydrogen-bond donors (Lipinski definition) is 2. The van der Waals surface area contributed by atoms with Crippen molar-refractivity contribution in [3.8, 4) is 0 Å². The van der Waals surface area contributed by atoms with Gasteiger partial charge < -0.3 is 15.3 Å². The van der Waals surface area contributed by atoms with Crippen LogP contribution < -0.4 is 5.73 Å². The molecule has 18 heavy (non-hydrogen) atoms. The minimum Gasteiger partial charge on any atom is -0.370 e. The number of benzene rings is 1. The zero-order chi connectivity index (χ0) is 13.4. The number of aryl methyl sites for hydroxylation is 1. The molecule has 0 aliphatic carbocycles. The number of aromatic amines is 1. The Morgan fingerprint density at radius 3 is 2.89 bits per heavy atom. The largest absolute Gasteiger partial charge is 0.370 e. The van der Waals surface area contributed by atoms with E-state index in [4.69, 9.17) is 18.0 Å². The SMILES string of the molecule is Cc1cc2c(cc1F)[nH]c(=S)n2C(C)CC(N)=O. The monoisotopic (exact) mass is 267 g/mol. The lowest BCUT2D eigenvalue weighted by Gasteiger charge is -2.12. The summed E-state index contributed by atoms with van der Waals surface area (Å²) in [5, 5.41) is 0. The van der Waals surface area contributed by atoms with E-state index in [0.29, 0.717) is 15.9 Å². The number of rotatable bonds is 3. The molecular formula is C12H14FN3OS. The summed E-state index contributed by atoms with van der Waals surface area (Å²) in [6.07, 6.45) is 0.192. The summed E-state index contributed by atoms with van der Waals surface area (Å²) in [6, 6.07) is 2.97. The number of hydrogen-bond acceptors (Lipinski definition) is 2. The fraction of sp³-hybridized carbons (Fsp3) is 0.333. The molecule has 2 rings (SSSR count). The lowest BCUT2D eigenvalue weighted by Crippen LogP contribution is -2.17. The molecule has 0 spiro atoms. The molecular weight excluding hydrogens is 253 g/mol. The van der Waals surface area contributed by atoms with E-state index >= 15 is 0 Å². The van der Waals surface area contributed by atoms with E-state index in [9.17, 15) is 9.18 Å². The average Bonchev–Trinajstić information content (AvgIpc) is 2.53. The zero-order valence-corrected chi connectivity index (χ0v) is 11.0. The Bertz CT molecular complexity index is 674. The Hall–Kier alpha value is -1.69. The van der Waals surface area contributed by atoms with Gasteiger partial charge in [-0.25, -0.2) is 4.39 Å². The maximum Gasteiger partial charge on any atom is 0.219 e. The van der Waals surface area contributed by atoms with Crippen LogP contribution in [0.3, 0.4) is 0 Å². The first-order valence-electron chi connectivity index (χ1n) is 5.59. The fourth-order valence-electron chi connectivity index (χ4n) is 2.07. The molecule has 1 atom stereocenters. The molecule has 0 radical (unpaired) electrons. The van der Waals surface area contributed by atoms with Gasteiger partial charge in [-0.1, -0.05) is 0 Å². The molecule has 6 heteroatoms. The molecule has 0 bridgehead atoms. The predicted molar refractivity (Wildman–Crippen MR) is 70.3 cm³/mol. The Morgan fingerprint density at radius 2 is 2.28 bits per heavy atom. The third-order valence-corrected chi connectivity index (χ3v) is 3.23. The van der Waals surface area contributed by atoms with Crippen LogP contribution in [0.25, 0.3) is 11.0 Å². The second-order valence-corrected chi connectivity index (χ2v) is 4.82. The first-order valence-corrected chi connectivity index (χ1v) is 5.99. The summed E-state index contributed by atoms with van der Waals surface area (Å²) in [6.45, 7) is 3.54. The number of carbonyl (C=O) groups excluding carboxylic acids is 1. The number of nitrogens with two attached hydrogens (primary N) is 1. The fourth-order valence-corrected chi connectivity index (χ4v) is 2.46. The molecule has 1 unspecified atom stereocenters. The van der Waals surface area contributed by atoms with Gasteiger partial charge in [0, 0.05) is 12.5 Å². The number of amides is 1. The summed E-state index contributed by atoms with van der Waals surface area (Å²) in [5.74, 6) is -0.675. The average molecular weight is 267 g/mol. The molecule has 1 amide bonds. The number of carbonyl (C=O) groups is 1. The highest BCUT2D eigenvalue weighted by molar-refractivity contribution is 7.71. The van der Waals surface area contributed by atoms with Gasteiger partial charge in [0.15, 0.2) is 4.77 Å². The van der Waals surface area contributed by atoms with E-state index in [0.717, 1.165) is 5.52 Å². The van der Waals surface area contributed by atoms with Crippen molar-refractivity contribution in [1.82, 2.24) is 9.55 Å². The highest BCUT2D eigenvalue weighted by Gasteiger charge is 2.14. The van der Waals surface area contributed by atoms with Crippen molar-refractivity contribution in [3.05, 3.63) is 28.3 Å². The molecule has 0 aliphatic heterocycles. The van der Waals surface area contributed by atoms with Crippen LogP contribution >= 0.6 is 12.2 Å². The maximum atomic E-state index is 13.5. The minimum atomic E-state index is -0.391. The van der Waals surface area contributed by atoms with Crippen molar-refractivity contribution in [2.45, 2.75) is 26.3 Å². The van der Waals surface area contributed by atoms with E-state index in [1.807, 2.05) is 6.92 Å². The topological polar surface area (TPSA) is 63.8 Å². The highest BCUT2D eigenvalue weighted by atomic mass is 32.1. The molecule has 0 saturated carbocycles. The predicted octanol–water partition coefficient (Wildman–Crippen LogP) is 2.58. The van der Waals surface area contributed by atoms with Crippen molar-refractivity contribution in [3.63, 3.8) is 0 Å². The van der Waals surface area contributed by atoms with Gasteiger partial charge in [-0.2, -0.15) is 0 Å². The first kappa shape index (κ1) is 12.8. The summed E-state index contributed by atoms with van der Waals surface area (Å²) in [5.41, 5.74) is 7.14. The minimum absolute atomic E-state index is 0.159. The third-order valence-electron chi connectivity index (χ3n) is 2.93. The van der Waals surface area contributed by atoms with Crippen LogP contribution in [-0.2, 0) is 4.79 Å². The van der Waals surface area contributed by atoms with Crippen molar-refractivity contribution in [2.24, 2.45) is 5.73 Å². The van der Waals surface area contributed by atoms with Crippen molar-refractivity contribution < 1.29 is 9.18 Å². The van der Waals surface area contributed by atoms with Crippen LogP contribution in [0.15, 0.2) is 12.1 Å². The Labute approximate surface area is 109 Å². The van der Waals surface area contributed by atoms with Crippen LogP contribution in [-0.4, -0.2) is 15.5 Å². The molecule has 0 aliphatic rings. The third kappa shape index (κ3) is 2.15. The molecule has 1 aromatic heterocycles. The molecule has 4 nitrogen and oxygen atoms in total. The molecule has 0 saturated heterocycles. The lowest BCUT2D eigenvalue weighted by atomic mass is 10.2.